The second-order valence-corrected chi connectivity index (χ2v) is 17.8. The molecule has 0 aromatic heterocycles. The lowest BCUT2D eigenvalue weighted by molar-refractivity contribution is -0.211. The molecule has 14 unspecified atom stereocenters. The fraction of sp³-hybridized carbons (Fsp3) is 0.773. The summed E-state index contributed by atoms with van der Waals surface area (Å²) in [5.41, 5.74) is 1.65. The Hall–Kier alpha value is -2.45. The number of ether oxygens (including phenoxy) is 5. The second-order valence-electron chi connectivity index (χ2n) is 17.2. The molecule has 1 saturated carbocycles. The van der Waals surface area contributed by atoms with Gasteiger partial charge in [-0.15, -0.1) is 6.58 Å². The molecule has 3 fully saturated rings. The van der Waals surface area contributed by atoms with Gasteiger partial charge in [-0.1, -0.05) is 56.2 Å². The number of carbonyl (C=O) groups is 4. The zero-order valence-corrected chi connectivity index (χ0v) is 36.1. The van der Waals surface area contributed by atoms with E-state index >= 15 is 0 Å². The number of amides is 1. The van der Waals surface area contributed by atoms with Crippen LogP contribution in [0.1, 0.15) is 105 Å². The van der Waals surface area contributed by atoms with Crippen LogP contribution in [-0.2, 0) is 42.9 Å². The third kappa shape index (κ3) is 11.4. The van der Waals surface area contributed by atoms with Gasteiger partial charge in [-0.05, 0) is 95.5 Å². The van der Waals surface area contributed by atoms with Crippen molar-refractivity contribution in [2.45, 2.75) is 159 Å². The van der Waals surface area contributed by atoms with Crippen LogP contribution < -0.4 is 0 Å². The Kier molecular flexibility index (Phi) is 17.6. The number of piperidine rings is 1. The van der Waals surface area contributed by atoms with Gasteiger partial charge in [-0.3, -0.25) is 14.4 Å². The number of halogens is 1. The number of esters is 1. The minimum absolute atomic E-state index is 0.00246. The smallest absolute Gasteiger partial charge is 0.329 e. The normalized spacial score (nSPS) is 40.1. The third-order valence-corrected chi connectivity index (χ3v) is 13.4. The topological polar surface area (TPSA) is 158 Å². The van der Waals surface area contributed by atoms with Gasteiger partial charge in [-0.25, -0.2) is 4.79 Å². The molecule has 3 aliphatic heterocycles. The summed E-state index contributed by atoms with van der Waals surface area (Å²) in [7, 11) is 4.70. The van der Waals surface area contributed by atoms with Crippen molar-refractivity contribution < 1.29 is 53.1 Å². The van der Waals surface area contributed by atoms with E-state index in [4.69, 9.17) is 35.3 Å². The van der Waals surface area contributed by atoms with Crippen molar-refractivity contribution in [2.75, 3.05) is 27.9 Å². The Morgan fingerprint density at radius 2 is 1.61 bits per heavy atom. The Morgan fingerprint density at radius 3 is 2.26 bits per heavy atom. The Balaban J connectivity index is 1.78. The molecule has 4 aliphatic rings. The lowest BCUT2D eigenvalue weighted by Crippen LogP contribution is -2.62. The molecule has 322 valence electrons. The first kappa shape index (κ1) is 47.2. The van der Waals surface area contributed by atoms with E-state index in [-0.39, 0.29) is 43.1 Å². The van der Waals surface area contributed by atoms with Crippen molar-refractivity contribution in [2.24, 2.45) is 29.6 Å². The highest BCUT2D eigenvalue weighted by Gasteiger charge is 2.56. The van der Waals surface area contributed by atoms with Crippen LogP contribution in [0.5, 0.6) is 0 Å². The quantitative estimate of drug-likeness (QED) is 0.137. The van der Waals surface area contributed by atoms with Crippen LogP contribution in [0.25, 0.3) is 0 Å². The highest BCUT2D eigenvalue weighted by atomic mass is 35.5. The summed E-state index contributed by atoms with van der Waals surface area (Å²) in [5, 5.41) is 20.1. The number of alkyl halides is 1. The number of aliphatic hydroxyl groups is 2. The lowest BCUT2D eigenvalue weighted by Gasteiger charge is -2.46. The predicted molar refractivity (Wildman–Crippen MR) is 216 cm³/mol. The van der Waals surface area contributed by atoms with Crippen LogP contribution >= 0.6 is 11.6 Å². The number of methoxy groups -OCH3 is 3. The van der Waals surface area contributed by atoms with Crippen molar-refractivity contribution in [3.8, 4) is 0 Å². The highest BCUT2D eigenvalue weighted by molar-refractivity contribution is 6.51. The number of carbonyl (C=O) groups excluding carboxylic acids is 4. The molecule has 0 spiro atoms. The number of ketones is 2. The van der Waals surface area contributed by atoms with Gasteiger partial charge in [0.15, 0.2) is 0 Å². The van der Waals surface area contributed by atoms with E-state index in [0.29, 0.717) is 63.4 Å². The average Bonchev–Trinajstić information content (AvgIpc) is 3.18. The fourth-order valence-corrected chi connectivity index (χ4v) is 9.67. The summed E-state index contributed by atoms with van der Waals surface area (Å²) in [6.07, 6.45) is 5.67. The van der Waals surface area contributed by atoms with Crippen molar-refractivity contribution >= 4 is 35.0 Å². The maximum atomic E-state index is 14.3. The van der Waals surface area contributed by atoms with E-state index < -0.39 is 83.1 Å². The van der Waals surface area contributed by atoms with E-state index in [0.717, 1.165) is 5.57 Å². The highest BCUT2D eigenvalue weighted by Crippen LogP contribution is 2.43. The van der Waals surface area contributed by atoms with Gasteiger partial charge in [0.25, 0.3) is 11.7 Å². The Labute approximate surface area is 344 Å². The summed E-state index contributed by atoms with van der Waals surface area (Å²) in [4.78, 5) is 58.1. The first-order valence-corrected chi connectivity index (χ1v) is 21.2. The molecule has 2 bridgehead atoms. The second kappa shape index (κ2) is 21.2. The summed E-state index contributed by atoms with van der Waals surface area (Å²) in [6, 6.07) is -1.09. The van der Waals surface area contributed by atoms with E-state index in [1.807, 2.05) is 26.0 Å². The number of hydrogen-bond acceptors (Lipinski definition) is 11. The molecule has 2 N–H and O–H groups in total. The lowest BCUT2D eigenvalue weighted by atomic mass is 9.81. The number of rotatable bonds is 7. The molecule has 14 atom stereocenters. The van der Waals surface area contributed by atoms with Crippen LogP contribution in [0.2, 0.25) is 0 Å². The Bertz CT molecular complexity index is 1480. The summed E-state index contributed by atoms with van der Waals surface area (Å²) in [6.45, 7) is 13.4. The molecule has 2 saturated heterocycles. The number of hydrogen-bond donors (Lipinski definition) is 2. The average molecular weight is 822 g/mol. The van der Waals surface area contributed by atoms with Gasteiger partial charge in [0.05, 0.1) is 30.5 Å². The van der Waals surface area contributed by atoms with Crippen LogP contribution in [-0.4, -0.2) is 120 Å². The molecular formula is C44H68ClNO11. The maximum absolute atomic E-state index is 14.3. The van der Waals surface area contributed by atoms with Gasteiger partial charge in [0.1, 0.15) is 24.0 Å². The van der Waals surface area contributed by atoms with E-state index in [2.05, 4.69) is 13.5 Å². The third-order valence-electron chi connectivity index (χ3n) is 12.8. The summed E-state index contributed by atoms with van der Waals surface area (Å²) < 4.78 is 30.1. The molecular weight excluding hydrogens is 754 g/mol. The van der Waals surface area contributed by atoms with E-state index in [9.17, 15) is 29.4 Å². The van der Waals surface area contributed by atoms with E-state index in [1.54, 1.807) is 41.3 Å². The van der Waals surface area contributed by atoms with Crippen molar-refractivity contribution in [1.29, 1.82) is 0 Å². The largest absolute Gasteiger partial charge is 0.456 e. The molecule has 13 heteroatoms. The molecule has 0 radical (unpaired) electrons. The SMILES string of the molecule is C=CCC1C=C(C)CC(C)CC(OC)C2OC(Cl)(C(=O)C(=O)N3CCCCC3C(=O)OC(C(C)=CC3CCC(O)C(OC)C3)C(C)C(O)CC1=O)C(C)CC2OC. The fourth-order valence-electron chi connectivity index (χ4n) is 9.40. The number of aliphatic hydroxyl groups excluding tert-OH is 2. The van der Waals surface area contributed by atoms with Crippen molar-refractivity contribution in [3.63, 3.8) is 0 Å². The number of cyclic esters (lactones) is 1. The minimum Gasteiger partial charge on any atom is -0.456 e. The molecule has 3 heterocycles. The first-order chi connectivity index (χ1) is 27.0. The molecule has 0 aromatic rings. The zero-order valence-electron chi connectivity index (χ0n) is 35.3. The van der Waals surface area contributed by atoms with Crippen LogP contribution in [0.4, 0.5) is 0 Å². The number of fused-ring (bicyclic) bond motifs is 3. The number of allylic oxidation sites excluding steroid dienone is 4. The monoisotopic (exact) mass is 821 g/mol. The van der Waals surface area contributed by atoms with Crippen molar-refractivity contribution in [3.05, 3.63) is 36.0 Å². The van der Waals surface area contributed by atoms with Crippen LogP contribution in [0.3, 0.4) is 0 Å². The molecule has 1 aliphatic carbocycles. The molecule has 1 amide bonds. The maximum Gasteiger partial charge on any atom is 0.329 e. The van der Waals surface area contributed by atoms with Crippen LogP contribution in [0, 0.1) is 29.6 Å². The summed E-state index contributed by atoms with van der Waals surface area (Å²) >= 11 is 7.13. The van der Waals surface area contributed by atoms with Crippen LogP contribution in [0.15, 0.2) is 36.0 Å². The van der Waals surface area contributed by atoms with E-state index in [1.165, 1.54) is 4.90 Å². The van der Waals surface area contributed by atoms with Gasteiger partial charge in [0, 0.05) is 52.0 Å². The molecule has 4 rings (SSSR count). The number of nitrogens with zero attached hydrogens (tertiary/aromatic N) is 1. The van der Waals surface area contributed by atoms with Gasteiger partial charge in [-0.2, -0.15) is 0 Å². The van der Waals surface area contributed by atoms with Gasteiger partial charge in [0.2, 0.25) is 5.06 Å². The van der Waals surface area contributed by atoms with Gasteiger partial charge >= 0.3 is 5.97 Å². The zero-order chi connectivity index (χ0) is 42.2. The van der Waals surface area contributed by atoms with Gasteiger partial charge < -0.3 is 38.8 Å². The summed E-state index contributed by atoms with van der Waals surface area (Å²) in [5.74, 6) is -4.57. The molecule has 0 aromatic carbocycles. The molecule has 12 nitrogen and oxygen atoms in total. The standard InChI is InChI=1S/C44H68ClNO11/c1-10-13-31-19-25(2)18-26(3)20-37(54-8)40-38(55-9)22-28(5)44(45,57-40)41(50)42(51)46-17-12-11-14-32(46)43(52)56-39(29(6)34(48)24-35(31)49)27(4)21-30-15-16-33(47)36(23-30)53-7/h10,19,21,26,28-34,36-40,47-48H,1,11-18,20,22-24H2,2-9H3. The predicted octanol–water partition coefficient (Wildman–Crippen LogP) is 5.89. The van der Waals surface area contributed by atoms with Crippen molar-refractivity contribution in [1.82, 2.24) is 4.90 Å². The molecule has 57 heavy (non-hydrogen) atoms. The minimum atomic E-state index is -2.04. The Morgan fingerprint density at radius 1 is 0.947 bits per heavy atom. The number of Topliss-reactive ketones (excluding diaryl/α,β-unsaturated/α-hetero) is 2. The first-order valence-electron chi connectivity index (χ1n) is 20.9.